The average molecular weight is 352 g/mol. The highest BCUT2D eigenvalue weighted by atomic mass is 79.9. The van der Waals surface area contributed by atoms with Crippen LogP contribution in [0, 0.1) is 0 Å². The molecule has 6 heteroatoms. The van der Waals surface area contributed by atoms with Crippen LogP contribution in [0.1, 0.15) is 13.3 Å². The van der Waals surface area contributed by atoms with Crippen LogP contribution in [-0.4, -0.2) is 30.7 Å². The van der Waals surface area contributed by atoms with Crippen molar-refractivity contribution in [2.45, 2.75) is 13.3 Å². The van der Waals surface area contributed by atoms with Gasteiger partial charge in [0.25, 0.3) is 0 Å². The van der Waals surface area contributed by atoms with Crippen LogP contribution in [0.4, 0.5) is 5.82 Å². The van der Waals surface area contributed by atoms with Gasteiger partial charge in [0.05, 0.1) is 32.3 Å². The van der Waals surface area contributed by atoms with E-state index in [1.165, 1.54) is 0 Å². The first-order valence-corrected chi connectivity index (χ1v) is 7.47. The third kappa shape index (κ3) is 3.44. The largest absolute Gasteiger partial charge is 0.495 e. The Bertz CT molecular complexity index is 620. The van der Waals surface area contributed by atoms with E-state index in [0.29, 0.717) is 11.5 Å². The Balaban J connectivity index is 2.44. The zero-order valence-electron chi connectivity index (χ0n) is 12.3. The molecule has 0 saturated heterocycles. The maximum absolute atomic E-state index is 5.48. The van der Waals surface area contributed by atoms with Crippen LogP contribution in [0.3, 0.4) is 0 Å². The van der Waals surface area contributed by atoms with Gasteiger partial charge in [-0.2, -0.15) is 0 Å². The lowest BCUT2D eigenvalue weighted by Crippen LogP contribution is -2.03. The predicted octanol–water partition coefficient (Wildman–Crippen LogP) is 3.75. The highest BCUT2D eigenvalue weighted by molar-refractivity contribution is 9.10. The average Bonchev–Trinajstić information content (AvgIpc) is 2.52. The highest BCUT2D eigenvalue weighted by Gasteiger charge is 2.15. The summed E-state index contributed by atoms with van der Waals surface area (Å²) in [5, 5.41) is 3.23. The van der Waals surface area contributed by atoms with E-state index in [2.05, 4.69) is 38.1 Å². The number of benzene rings is 1. The van der Waals surface area contributed by atoms with Crippen molar-refractivity contribution in [3.63, 3.8) is 0 Å². The van der Waals surface area contributed by atoms with E-state index < -0.39 is 0 Å². The number of halogens is 1. The molecular formula is C15H18BrN3O2. The second-order valence-corrected chi connectivity index (χ2v) is 5.17. The van der Waals surface area contributed by atoms with Gasteiger partial charge in [-0.1, -0.05) is 6.92 Å². The lowest BCUT2D eigenvalue weighted by molar-refractivity contribution is 0.390. The van der Waals surface area contributed by atoms with Gasteiger partial charge in [-0.3, -0.25) is 4.98 Å². The van der Waals surface area contributed by atoms with Crippen molar-refractivity contribution >= 4 is 21.7 Å². The number of anilines is 1. The SMILES string of the molecule is CCCNc1cncc(-c2ccc(OC)c(Br)c2OC)n1. The molecule has 0 unspecified atom stereocenters. The second kappa shape index (κ2) is 7.26. The van der Waals surface area contributed by atoms with Gasteiger partial charge in [-0.05, 0) is 34.5 Å². The van der Waals surface area contributed by atoms with Crippen LogP contribution in [0.2, 0.25) is 0 Å². The monoisotopic (exact) mass is 351 g/mol. The number of hydrogen-bond acceptors (Lipinski definition) is 5. The molecule has 0 aliphatic carbocycles. The molecule has 5 nitrogen and oxygen atoms in total. The first-order chi connectivity index (χ1) is 10.2. The van der Waals surface area contributed by atoms with Crippen molar-refractivity contribution in [1.82, 2.24) is 9.97 Å². The molecule has 21 heavy (non-hydrogen) atoms. The topological polar surface area (TPSA) is 56.3 Å². The van der Waals surface area contributed by atoms with Crippen LogP contribution in [0.15, 0.2) is 29.0 Å². The van der Waals surface area contributed by atoms with Gasteiger partial charge in [0.15, 0.2) is 0 Å². The number of hydrogen-bond donors (Lipinski definition) is 1. The lowest BCUT2D eigenvalue weighted by Gasteiger charge is -2.13. The number of rotatable bonds is 6. The second-order valence-electron chi connectivity index (χ2n) is 4.38. The van der Waals surface area contributed by atoms with Crippen molar-refractivity contribution in [3.8, 4) is 22.8 Å². The van der Waals surface area contributed by atoms with E-state index in [9.17, 15) is 0 Å². The summed E-state index contributed by atoms with van der Waals surface area (Å²) < 4.78 is 11.5. The molecule has 1 aromatic heterocycles. The van der Waals surface area contributed by atoms with E-state index in [1.54, 1.807) is 26.6 Å². The van der Waals surface area contributed by atoms with Gasteiger partial charge in [-0.15, -0.1) is 0 Å². The maximum Gasteiger partial charge on any atom is 0.146 e. The molecular weight excluding hydrogens is 334 g/mol. The van der Waals surface area contributed by atoms with E-state index in [4.69, 9.17) is 9.47 Å². The first kappa shape index (κ1) is 15.6. The van der Waals surface area contributed by atoms with Crippen molar-refractivity contribution < 1.29 is 9.47 Å². The molecule has 0 radical (unpaired) electrons. The molecule has 1 N–H and O–H groups in total. The van der Waals surface area contributed by atoms with Crippen LogP contribution < -0.4 is 14.8 Å². The zero-order chi connectivity index (χ0) is 15.2. The Kier molecular flexibility index (Phi) is 5.38. The van der Waals surface area contributed by atoms with Crippen molar-refractivity contribution in [3.05, 3.63) is 29.0 Å². The number of nitrogens with zero attached hydrogens (tertiary/aromatic N) is 2. The Morgan fingerprint density at radius 2 is 2.00 bits per heavy atom. The standard InChI is InChI=1S/C15H18BrN3O2/c1-4-7-18-13-9-17-8-11(19-13)10-5-6-12(20-2)14(16)15(10)21-3/h5-6,8-9H,4,7H2,1-3H3,(H,18,19). The number of nitrogens with one attached hydrogen (secondary N) is 1. The summed E-state index contributed by atoms with van der Waals surface area (Å²) >= 11 is 3.50. The third-order valence-electron chi connectivity index (χ3n) is 2.95. The van der Waals surface area contributed by atoms with Crippen LogP contribution in [0.5, 0.6) is 11.5 Å². The summed E-state index contributed by atoms with van der Waals surface area (Å²) in [4.78, 5) is 8.80. The molecule has 0 saturated carbocycles. The predicted molar refractivity (Wildman–Crippen MR) is 87.1 cm³/mol. The van der Waals surface area contributed by atoms with Crippen molar-refractivity contribution in [2.24, 2.45) is 0 Å². The van der Waals surface area contributed by atoms with Gasteiger partial charge in [0, 0.05) is 12.1 Å². The number of ether oxygens (including phenoxy) is 2. The van der Waals surface area contributed by atoms with E-state index in [1.807, 2.05) is 12.1 Å². The minimum absolute atomic E-state index is 0.677. The Labute approximate surface area is 132 Å². The lowest BCUT2D eigenvalue weighted by atomic mass is 10.1. The van der Waals surface area contributed by atoms with Gasteiger partial charge >= 0.3 is 0 Å². The van der Waals surface area contributed by atoms with Gasteiger partial charge < -0.3 is 14.8 Å². The summed E-state index contributed by atoms with van der Waals surface area (Å²) in [6.07, 6.45) is 4.46. The molecule has 1 aromatic carbocycles. The van der Waals surface area contributed by atoms with Crippen LogP contribution in [-0.2, 0) is 0 Å². The van der Waals surface area contributed by atoms with Gasteiger partial charge in [0.2, 0.25) is 0 Å². The van der Waals surface area contributed by atoms with Crippen LogP contribution >= 0.6 is 15.9 Å². The highest BCUT2D eigenvalue weighted by Crippen LogP contribution is 2.41. The summed E-state index contributed by atoms with van der Waals surface area (Å²) in [6, 6.07) is 3.78. The summed E-state index contributed by atoms with van der Waals surface area (Å²) in [5.74, 6) is 2.14. The fourth-order valence-electron chi connectivity index (χ4n) is 1.93. The molecule has 1 heterocycles. The van der Waals surface area contributed by atoms with Gasteiger partial charge in [-0.25, -0.2) is 4.98 Å². The summed E-state index contributed by atoms with van der Waals surface area (Å²) in [7, 11) is 3.24. The zero-order valence-corrected chi connectivity index (χ0v) is 13.9. The molecule has 2 aromatic rings. The Morgan fingerprint density at radius 3 is 2.67 bits per heavy atom. The molecule has 0 atom stereocenters. The first-order valence-electron chi connectivity index (χ1n) is 6.68. The molecule has 2 rings (SSSR count). The van der Waals surface area contributed by atoms with Gasteiger partial charge in [0.1, 0.15) is 21.8 Å². The van der Waals surface area contributed by atoms with E-state index in [0.717, 1.165) is 34.5 Å². The summed E-state index contributed by atoms with van der Waals surface area (Å²) in [5.41, 5.74) is 1.61. The molecule has 0 spiro atoms. The molecule has 0 fully saturated rings. The maximum atomic E-state index is 5.48. The fourth-order valence-corrected chi connectivity index (χ4v) is 2.60. The van der Waals surface area contributed by atoms with Crippen molar-refractivity contribution in [2.75, 3.05) is 26.1 Å². The minimum Gasteiger partial charge on any atom is -0.495 e. The normalized spacial score (nSPS) is 10.3. The van der Waals surface area contributed by atoms with E-state index in [-0.39, 0.29) is 0 Å². The fraction of sp³-hybridized carbons (Fsp3) is 0.333. The number of methoxy groups -OCH3 is 2. The molecule has 0 amide bonds. The molecule has 0 bridgehead atoms. The molecule has 112 valence electrons. The smallest absolute Gasteiger partial charge is 0.146 e. The molecule has 0 aliphatic rings. The minimum atomic E-state index is 0.677. The van der Waals surface area contributed by atoms with Crippen molar-refractivity contribution in [1.29, 1.82) is 0 Å². The Hall–Kier alpha value is -1.82. The summed E-state index contributed by atoms with van der Waals surface area (Å²) in [6.45, 7) is 2.97. The van der Waals surface area contributed by atoms with Crippen LogP contribution in [0.25, 0.3) is 11.3 Å². The Morgan fingerprint density at radius 1 is 1.19 bits per heavy atom. The molecule has 0 aliphatic heterocycles. The van der Waals surface area contributed by atoms with E-state index >= 15 is 0 Å². The number of aromatic nitrogens is 2. The quantitative estimate of drug-likeness (QED) is 0.858. The third-order valence-corrected chi connectivity index (χ3v) is 3.70.